The molecule has 1 aromatic heterocycles. The van der Waals surface area contributed by atoms with E-state index >= 15 is 0 Å². The molecule has 112 valence electrons. The number of hydrogen-bond donors (Lipinski definition) is 2. The van der Waals surface area contributed by atoms with E-state index in [0.29, 0.717) is 11.6 Å². The lowest BCUT2D eigenvalue weighted by Gasteiger charge is -2.09. The molecule has 2 rings (SSSR count). The van der Waals surface area contributed by atoms with Crippen molar-refractivity contribution in [2.45, 2.75) is 26.4 Å². The van der Waals surface area contributed by atoms with E-state index in [-0.39, 0.29) is 12.5 Å². The third-order valence-electron chi connectivity index (χ3n) is 2.95. The van der Waals surface area contributed by atoms with E-state index in [9.17, 15) is 4.79 Å². The third-order valence-corrected chi connectivity index (χ3v) is 3.21. The zero-order chi connectivity index (χ0) is 15.1. The summed E-state index contributed by atoms with van der Waals surface area (Å²) < 4.78 is 1.84. The largest absolute Gasteiger partial charge is 0.325 e. The highest BCUT2D eigenvalue weighted by atomic mass is 35.5. The molecule has 1 aromatic carbocycles. The zero-order valence-electron chi connectivity index (χ0n) is 12.0. The molecule has 21 heavy (non-hydrogen) atoms. The minimum atomic E-state index is -0.0907. The highest BCUT2D eigenvalue weighted by molar-refractivity contribution is 6.30. The van der Waals surface area contributed by atoms with Crippen LogP contribution in [0.4, 0.5) is 5.69 Å². The van der Waals surface area contributed by atoms with E-state index in [0.717, 1.165) is 24.5 Å². The molecule has 1 heterocycles. The molecule has 0 aliphatic heterocycles. The van der Waals surface area contributed by atoms with Crippen LogP contribution < -0.4 is 10.6 Å². The number of aromatic nitrogens is 2. The maximum atomic E-state index is 12.0. The summed E-state index contributed by atoms with van der Waals surface area (Å²) in [5.41, 5.74) is 0.732. The number of halogens is 1. The topological polar surface area (TPSA) is 59.0 Å². The lowest BCUT2D eigenvalue weighted by atomic mass is 10.3. The first kappa shape index (κ1) is 15.5. The number of imidazole rings is 1. The summed E-state index contributed by atoms with van der Waals surface area (Å²) >= 11 is 5.81. The number of anilines is 1. The summed E-state index contributed by atoms with van der Waals surface area (Å²) in [6, 6.07) is 7.04. The molecule has 6 heteroatoms. The molecule has 0 fully saturated rings. The molecule has 2 N–H and O–H groups in total. The second-order valence-electron chi connectivity index (χ2n) is 4.70. The van der Waals surface area contributed by atoms with Gasteiger partial charge in [-0.3, -0.25) is 4.79 Å². The molecule has 2 aromatic rings. The van der Waals surface area contributed by atoms with Crippen molar-refractivity contribution in [1.29, 1.82) is 0 Å². The Bertz CT molecular complexity index is 580. The second kappa shape index (κ2) is 7.81. The van der Waals surface area contributed by atoms with Crippen LogP contribution in [0.3, 0.4) is 0 Å². The van der Waals surface area contributed by atoms with Gasteiger partial charge in [-0.2, -0.15) is 0 Å². The molecule has 0 radical (unpaired) electrons. The van der Waals surface area contributed by atoms with E-state index in [1.807, 2.05) is 10.8 Å². The fourth-order valence-electron chi connectivity index (χ4n) is 1.92. The summed E-state index contributed by atoms with van der Waals surface area (Å²) in [6.45, 7) is 3.95. The molecule has 0 atom stereocenters. The van der Waals surface area contributed by atoms with Crippen LogP contribution in [0.5, 0.6) is 0 Å². The molecule has 0 saturated heterocycles. The van der Waals surface area contributed by atoms with Gasteiger partial charge in [0, 0.05) is 23.1 Å². The van der Waals surface area contributed by atoms with Crippen LogP contribution in [0.15, 0.2) is 36.7 Å². The summed E-state index contributed by atoms with van der Waals surface area (Å²) in [5, 5.41) is 6.76. The van der Waals surface area contributed by atoms with Gasteiger partial charge in [0.1, 0.15) is 12.4 Å². The number of rotatable bonds is 7. The molecule has 0 spiro atoms. The highest BCUT2D eigenvalue weighted by Gasteiger charge is 2.07. The van der Waals surface area contributed by atoms with Crippen LogP contribution in [0.25, 0.3) is 0 Å². The first-order valence-electron chi connectivity index (χ1n) is 6.95. The number of carbonyl (C=O) groups is 1. The first-order chi connectivity index (χ1) is 10.2. The predicted molar refractivity (Wildman–Crippen MR) is 84.3 cm³/mol. The molecule has 1 amide bonds. The molecule has 0 saturated carbocycles. The van der Waals surface area contributed by atoms with Crippen LogP contribution in [0, 0.1) is 0 Å². The smallest absolute Gasteiger partial charge is 0.244 e. The van der Waals surface area contributed by atoms with Gasteiger partial charge in [-0.1, -0.05) is 18.5 Å². The van der Waals surface area contributed by atoms with E-state index in [2.05, 4.69) is 22.5 Å². The summed E-state index contributed by atoms with van der Waals surface area (Å²) in [7, 11) is 0. The predicted octanol–water partition coefficient (Wildman–Crippen LogP) is 2.67. The van der Waals surface area contributed by atoms with Gasteiger partial charge in [-0.25, -0.2) is 4.98 Å². The lowest BCUT2D eigenvalue weighted by molar-refractivity contribution is -0.116. The Labute approximate surface area is 129 Å². The van der Waals surface area contributed by atoms with Gasteiger partial charge in [-0.05, 0) is 37.2 Å². The van der Waals surface area contributed by atoms with Gasteiger partial charge >= 0.3 is 0 Å². The van der Waals surface area contributed by atoms with Crippen molar-refractivity contribution in [1.82, 2.24) is 14.9 Å². The molecule has 5 nitrogen and oxygen atoms in total. The van der Waals surface area contributed by atoms with Crippen molar-refractivity contribution in [2.24, 2.45) is 0 Å². The van der Waals surface area contributed by atoms with Crippen molar-refractivity contribution in [3.8, 4) is 0 Å². The van der Waals surface area contributed by atoms with Gasteiger partial charge in [-0.15, -0.1) is 0 Å². The number of benzene rings is 1. The van der Waals surface area contributed by atoms with Crippen molar-refractivity contribution in [2.75, 3.05) is 11.9 Å². The summed E-state index contributed by atoms with van der Waals surface area (Å²) in [4.78, 5) is 16.3. The average Bonchev–Trinajstić information content (AvgIpc) is 2.89. The van der Waals surface area contributed by atoms with Crippen LogP contribution in [0.1, 0.15) is 19.2 Å². The minimum Gasteiger partial charge on any atom is -0.325 e. The van der Waals surface area contributed by atoms with E-state index < -0.39 is 0 Å². The van der Waals surface area contributed by atoms with Gasteiger partial charge in [0.2, 0.25) is 5.91 Å². The SMILES string of the molecule is CCCNCc1nccn1CC(=O)Nc1ccc(Cl)cc1. The van der Waals surface area contributed by atoms with E-state index in [1.54, 1.807) is 30.5 Å². The van der Waals surface area contributed by atoms with Crippen molar-refractivity contribution >= 4 is 23.2 Å². The Hall–Kier alpha value is -1.85. The third kappa shape index (κ3) is 4.88. The molecule has 0 unspecified atom stereocenters. The fourth-order valence-corrected chi connectivity index (χ4v) is 2.04. The van der Waals surface area contributed by atoms with Crippen molar-refractivity contribution in [3.63, 3.8) is 0 Å². The fraction of sp³-hybridized carbons (Fsp3) is 0.333. The van der Waals surface area contributed by atoms with Crippen molar-refractivity contribution in [3.05, 3.63) is 47.5 Å². The van der Waals surface area contributed by atoms with Crippen LogP contribution in [-0.4, -0.2) is 22.0 Å². The lowest BCUT2D eigenvalue weighted by Crippen LogP contribution is -2.22. The Morgan fingerprint density at radius 3 is 2.81 bits per heavy atom. The van der Waals surface area contributed by atoms with Gasteiger partial charge in [0.05, 0.1) is 6.54 Å². The average molecular weight is 307 g/mol. The summed E-state index contributed by atoms with van der Waals surface area (Å²) in [6.07, 6.45) is 4.58. The monoisotopic (exact) mass is 306 g/mol. The molecule has 0 aliphatic carbocycles. The van der Waals surface area contributed by atoms with E-state index in [1.165, 1.54) is 0 Å². The maximum absolute atomic E-state index is 12.0. The highest BCUT2D eigenvalue weighted by Crippen LogP contribution is 2.13. The molecule has 0 aliphatic rings. The van der Waals surface area contributed by atoms with Gasteiger partial charge < -0.3 is 15.2 Å². The second-order valence-corrected chi connectivity index (χ2v) is 5.14. The summed E-state index contributed by atoms with van der Waals surface area (Å²) in [5.74, 6) is 0.766. The minimum absolute atomic E-state index is 0.0907. The first-order valence-corrected chi connectivity index (χ1v) is 7.33. The maximum Gasteiger partial charge on any atom is 0.244 e. The van der Waals surface area contributed by atoms with Crippen LogP contribution in [0.2, 0.25) is 5.02 Å². The number of nitrogens with zero attached hydrogens (tertiary/aromatic N) is 2. The van der Waals surface area contributed by atoms with Crippen LogP contribution in [-0.2, 0) is 17.9 Å². The van der Waals surface area contributed by atoms with Gasteiger partial charge in [0.25, 0.3) is 0 Å². The Balaban J connectivity index is 1.90. The quantitative estimate of drug-likeness (QED) is 0.773. The molecular formula is C15H19ClN4O. The number of hydrogen-bond acceptors (Lipinski definition) is 3. The number of carbonyl (C=O) groups excluding carboxylic acids is 1. The van der Waals surface area contributed by atoms with E-state index in [4.69, 9.17) is 11.6 Å². The number of amides is 1. The zero-order valence-corrected chi connectivity index (χ0v) is 12.7. The van der Waals surface area contributed by atoms with Crippen molar-refractivity contribution < 1.29 is 4.79 Å². The normalized spacial score (nSPS) is 10.6. The molecule has 0 bridgehead atoms. The Kier molecular flexibility index (Phi) is 5.78. The van der Waals surface area contributed by atoms with Gasteiger partial charge in [0.15, 0.2) is 0 Å². The Morgan fingerprint density at radius 1 is 1.33 bits per heavy atom. The Morgan fingerprint density at radius 2 is 2.10 bits per heavy atom. The molecular weight excluding hydrogens is 288 g/mol. The number of nitrogens with one attached hydrogen (secondary N) is 2. The standard InChI is InChI=1S/C15H19ClN4O/c1-2-7-17-10-14-18-8-9-20(14)11-15(21)19-13-5-3-12(16)4-6-13/h3-6,8-9,17H,2,7,10-11H2,1H3,(H,19,21). The van der Waals surface area contributed by atoms with Crippen LogP contribution >= 0.6 is 11.6 Å².